The SMILES string of the molecule is Cc1ccc(/C=C(\C#N)C(=O)OCC(=O)Nc2ccccc2Br)cc1. The minimum absolute atomic E-state index is 0.169. The van der Waals surface area contributed by atoms with Gasteiger partial charge in [-0.1, -0.05) is 42.0 Å². The van der Waals surface area contributed by atoms with Crippen molar-refractivity contribution in [3.63, 3.8) is 0 Å². The smallest absolute Gasteiger partial charge is 0.349 e. The molecule has 0 aliphatic rings. The summed E-state index contributed by atoms with van der Waals surface area (Å²) in [5, 5.41) is 11.7. The quantitative estimate of drug-likeness (QED) is 0.471. The summed E-state index contributed by atoms with van der Waals surface area (Å²) in [7, 11) is 0. The van der Waals surface area contributed by atoms with Crippen LogP contribution in [0.2, 0.25) is 0 Å². The molecule has 1 amide bonds. The predicted molar refractivity (Wildman–Crippen MR) is 98.5 cm³/mol. The topological polar surface area (TPSA) is 79.2 Å². The Labute approximate surface area is 154 Å². The molecular weight excluding hydrogens is 384 g/mol. The molecule has 126 valence electrons. The number of nitriles is 1. The molecule has 0 fully saturated rings. The molecule has 0 aliphatic carbocycles. The fraction of sp³-hybridized carbons (Fsp3) is 0.105. The van der Waals surface area contributed by atoms with Crippen LogP contribution in [0, 0.1) is 18.3 Å². The lowest BCUT2D eigenvalue weighted by Crippen LogP contribution is -2.21. The molecule has 0 saturated heterocycles. The highest BCUT2D eigenvalue weighted by atomic mass is 79.9. The van der Waals surface area contributed by atoms with Gasteiger partial charge in [0.15, 0.2) is 6.61 Å². The molecule has 25 heavy (non-hydrogen) atoms. The van der Waals surface area contributed by atoms with Gasteiger partial charge in [0.1, 0.15) is 11.6 Å². The van der Waals surface area contributed by atoms with Crippen LogP contribution in [0.25, 0.3) is 6.08 Å². The zero-order valence-corrected chi connectivity index (χ0v) is 15.0. The lowest BCUT2D eigenvalue weighted by molar-refractivity contribution is -0.142. The first-order valence-electron chi connectivity index (χ1n) is 7.39. The Kier molecular flexibility index (Phi) is 6.49. The lowest BCUT2D eigenvalue weighted by Gasteiger charge is -2.07. The fourth-order valence-electron chi connectivity index (χ4n) is 1.92. The minimum atomic E-state index is -0.842. The number of para-hydroxylation sites is 1. The van der Waals surface area contributed by atoms with Crippen molar-refractivity contribution in [3.05, 3.63) is 69.7 Å². The Hall–Kier alpha value is -2.91. The third-order valence-corrected chi connectivity index (χ3v) is 3.90. The van der Waals surface area contributed by atoms with Gasteiger partial charge in [-0.15, -0.1) is 0 Å². The van der Waals surface area contributed by atoms with Gasteiger partial charge in [0.25, 0.3) is 5.91 Å². The molecule has 2 aromatic carbocycles. The maximum Gasteiger partial charge on any atom is 0.349 e. The van der Waals surface area contributed by atoms with Crippen molar-refractivity contribution < 1.29 is 14.3 Å². The second-order valence-corrected chi connectivity index (χ2v) is 6.04. The molecule has 0 radical (unpaired) electrons. The van der Waals surface area contributed by atoms with Crippen LogP contribution in [0.3, 0.4) is 0 Å². The van der Waals surface area contributed by atoms with E-state index in [-0.39, 0.29) is 5.57 Å². The number of hydrogen-bond donors (Lipinski definition) is 1. The Morgan fingerprint density at radius 1 is 1.20 bits per heavy atom. The summed E-state index contributed by atoms with van der Waals surface area (Å²) in [6.45, 7) is 1.46. The van der Waals surface area contributed by atoms with Gasteiger partial charge in [0.2, 0.25) is 0 Å². The highest BCUT2D eigenvalue weighted by molar-refractivity contribution is 9.10. The van der Waals surface area contributed by atoms with Crippen molar-refractivity contribution in [2.24, 2.45) is 0 Å². The van der Waals surface area contributed by atoms with E-state index in [1.54, 1.807) is 36.4 Å². The molecular formula is C19H15BrN2O3. The highest BCUT2D eigenvalue weighted by Gasteiger charge is 2.13. The number of nitrogens with one attached hydrogen (secondary N) is 1. The van der Waals surface area contributed by atoms with E-state index in [1.165, 1.54) is 6.08 Å². The van der Waals surface area contributed by atoms with Gasteiger partial charge in [0.05, 0.1) is 5.69 Å². The van der Waals surface area contributed by atoms with Gasteiger partial charge in [-0.2, -0.15) is 5.26 Å². The number of halogens is 1. The predicted octanol–water partition coefficient (Wildman–Crippen LogP) is 3.85. The van der Waals surface area contributed by atoms with Crippen LogP contribution in [0.5, 0.6) is 0 Å². The summed E-state index contributed by atoms with van der Waals surface area (Å²) < 4.78 is 5.62. The number of benzene rings is 2. The molecule has 0 atom stereocenters. The number of aryl methyl sites for hydroxylation is 1. The van der Waals surface area contributed by atoms with E-state index in [2.05, 4.69) is 21.2 Å². The fourth-order valence-corrected chi connectivity index (χ4v) is 2.31. The number of hydrogen-bond acceptors (Lipinski definition) is 4. The zero-order valence-electron chi connectivity index (χ0n) is 13.5. The number of nitrogens with zero attached hydrogens (tertiary/aromatic N) is 1. The van der Waals surface area contributed by atoms with Gasteiger partial charge >= 0.3 is 5.97 Å². The first-order chi connectivity index (χ1) is 12.0. The Balaban J connectivity index is 1.96. The van der Waals surface area contributed by atoms with Crippen LogP contribution in [0.4, 0.5) is 5.69 Å². The van der Waals surface area contributed by atoms with Crippen LogP contribution >= 0.6 is 15.9 Å². The molecule has 2 aromatic rings. The number of ether oxygens (including phenoxy) is 1. The van der Waals surface area contributed by atoms with Gasteiger partial charge in [-0.3, -0.25) is 4.79 Å². The van der Waals surface area contributed by atoms with Crippen molar-refractivity contribution in [1.29, 1.82) is 5.26 Å². The lowest BCUT2D eigenvalue weighted by atomic mass is 10.1. The average Bonchev–Trinajstić information content (AvgIpc) is 2.61. The Bertz CT molecular complexity index is 852. The monoisotopic (exact) mass is 398 g/mol. The van der Waals surface area contributed by atoms with Crippen molar-refractivity contribution in [3.8, 4) is 6.07 Å². The summed E-state index contributed by atoms with van der Waals surface area (Å²) in [6.07, 6.45) is 1.42. The van der Waals surface area contributed by atoms with Gasteiger partial charge in [-0.25, -0.2) is 4.79 Å². The number of amides is 1. The number of esters is 1. The van der Waals surface area contributed by atoms with Crippen LogP contribution in [-0.2, 0) is 14.3 Å². The molecule has 0 spiro atoms. The Morgan fingerprint density at radius 2 is 1.88 bits per heavy atom. The number of rotatable bonds is 5. The van der Waals surface area contributed by atoms with Gasteiger partial charge in [0, 0.05) is 4.47 Å². The van der Waals surface area contributed by atoms with E-state index in [0.717, 1.165) is 5.56 Å². The maximum atomic E-state index is 12.0. The summed E-state index contributed by atoms with van der Waals surface area (Å²) in [4.78, 5) is 23.8. The van der Waals surface area contributed by atoms with Crippen molar-refractivity contribution >= 4 is 39.6 Å². The van der Waals surface area contributed by atoms with E-state index in [9.17, 15) is 9.59 Å². The van der Waals surface area contributed by atoms with Crippen molar-refractivity contribution in [1.82, 2.24) is 0 Å². The van der Waals surface area contributed by atoms with Crippen LogP contribution in [0.15, 0.2) is 58.6 Å². The standard InChI is InChI=1S/C19H15BrN2O3/c1-13-6-8-14(9-7-13)10-15(11-21)19(24)25-12-18(23)22-17-5-3-2-4-16(17)20/h2-10H,12H2,1H3,(H,22,23)/b15-10+. The molecule has 0 aliphatic heterocycles. The number of carbonyl (C=O) groups is 2. The molecule has 1 N–H and O–H groups in total. The molecule has 0 heterocycles. The summed E-state index contributed by atoms with van der Waals surface area (Å²) in [5.74, 6) is -1.33. The normalized spacial score (nSPS) is 10.7. The first kappa shape index (κ1) is 18.4. The van der Waals surface area contributed by atoms with Crippen molar-refractivity contribution in [2.75, 3.05) is 11.9 Å². The van der Waals surface area contributed by atoms with E-state index in [0.29, 0.717) is 15.7 Å². The molecule has 0 saturated carbocycles. The van der Waals surface area contributed by atoms with E-state index in [4.69, 9.17) is 10.00 Å². The minimum Gasteiger partial charge on any atom is -0.451 e. The zero-order chi connectivity index (χ0) is 18.2. The first-order valence-corrected chi connectivity index (χ1v) is 8.19. The molecule has 5 nitrogen and oxygen atoms in total. The van der Waals surface area contributed by atoms with Crippen LogP contribution < -0.4 is 5.32 Å². The second kappa shape index (κ2) is 8.81. The Morgan fingerprint density at radius 3 is 2.52 bits per heavy atom. The summed E-state index contributed by atoms with van der Waals surface area (Å²) in [5.41, 5.74) is 2.18. The number of anilines is 1. The van der Waals surface area contributed by atoms with E-state index >= 15 is 0 Å². The maximum absolute atomic E-state index is 12.0. The average molecular weight is 399 g/mol. The highest BCUT2D eigenvalue weighted by Crippen LogP contribution is 2.21. The van der Waals surface area contributed by atoms with Crippen molar-refractivity contribution in [2.45, 2.75) is 6.92 Å². The van der Waals surface area contributed by atoms with Crippen LogP contribution in [-0.4, -0.2) is 18.5 Å². The summed E-state index contributed by atoms with van der Waals surface area (Å²) >= 11 is 3.31. The van der Waals surface area contributed by atoms with E-state index in [1.807, 2.05) is 25.1 Å². The largest absolute Gasteiger partial charge is 0.451 e. The van der Waals surface area contributed by atoms with Gasteiger partial charge < -0.3 is 10.1 Å². The van der Waals surface area contributed by atoms with Crippen LogP contribution in [0.1, 0.15) is 11.1 Å². The molecule has 0 aromatic heterocycles. The summed E-state index contributed by atoms with van der Waals surface area (Å²) in [6, 6.07) is 16.2. The third-order valence-electron chi connectivity index (χ3n) is 3.21. The molecule has 2 rings (SSSR count). The number of carbonyl (C=O) groups excluding carboxylic acids is 2. The second-order valence-electron chi connectivity index (χ2n) is 5.18. The third kappa shape index (κ3) is 5.59. The molecule has 6 heteroatoms. The molecule has 0 unspecified atom stereocenters. The van der Waals surface area contributed by atoms with E-state index < -0.39 is 18.5 Å². The molecule has 0 bridgehead atoms. The van der Waals surface area contributed by atoms with Gasteiger partial charge in [-0.05, 0) is 46.6 Å².